The zero-order valence-electron chi connectivity index (χ0n) is 13.4. The molecular weight excluding hydrogens is 222 g/mol. The maximum absolute atomic E-state index is 12.0. The van der Waals surface area contributed by atoms with Gasteiger partial charge in [-0.2, -0.15) is 0 Å². The van der Waals surface area contributed by atoms with Gasteiger partial charge in [0.25, 0.3) is 0 Å². The van der Waals surface area contributed by atoms with Crippen molar-refractivity contribution in [2.24, 2.45) is 5.92 Å². The fourth-order valence-electron chi connectivity index (χ4n) is 1.42. The lowest BCUT2D eigenvalue weighted by atomic mass is 10.1. The van der Waals surface area contributed by atoms with Crippen LogP contribution in [0, 0.1) is 5.92 Å². The lowest BCUT2D eigenvalue weighted by Gasteiger charge is -2.28. The van der Waals surface area contributed by atoms with E-state index in [9.17, 15) is 14.7 Å². The maximum atomic E-state index is 12.0. The molecule has 5 nitrogen and oxygen atoms in total. The van der Waals surface area contributed by atoms with Crippen LogP contribution in [0.4, 0.5) is 4.79 Å². The third-order valence-corrected chi connectivity index (χ3v) is 2.44. The van der Waals surface area contributed by atoms with Crippen LogP contribution in [0.15, 0.2) is 0 Å². The van der Waals surface area contributed by atoms with Crippen LogP contribution in [0.3, 0.4) is 0 Å². The Labute approximate surface area is 106 Å². The number of likely N-dealkylation sites (N-methyl/N-ethyl adjacent to an activating group) is 1. The fourth-order valence-corrected chi connectivity index (χ4v) is 1.42. The molecule has 0 aromatic heterocycles. The van der Waals surface area contributed by atoms with E-state index in [1.807, 2.05) is 0 Å². The first-order chi connectivity index (χ1) is 8.92. The van der Waals surface area contributed by atoms with E-state index in [0.717, 1.165) is 12.8 Å². The average molecular weight is 246 g/mol. The molecule has 1 rings (SSSR count). The lowest BCUT2D eigenvalue weighted by molar-refractivity contribution is -0.143. The van der Waals surface area contributed by atoms with Gasteiger partial charge in [-0.05, 0) is 33.1 Å². The minimum Gasteiger partial charge on any atom is -0.480 e. The van der Waals surface area contributed by atoms with Crippen LogP contribution in [-0.4, -0.2) is 40.7 Å². The van der Waals surface area contributed by atoms with E-state index in [-0.39, 0.29) is 12.3 Å². The Morgan fingerprint density at radius 2 is 2.12 bits per heavy atom. The molecule has 0 saturated heterocycles. The smallest absolute Gasteiger partial charge is 0.410 e. The number of rotatable bonds is 4. The number of amides is 1. The second-order valence-corrected chi connectivity index (χ2v) is 5.38. The number of hydrogen-bond acceptors (Lipinski definition) is 3. The highest BCUT2D eigenvalue weighted by Gasteiger charge is 2.35. The predicted octanol–water partition coefficient (Wildman–Crippen LogP) is 2.11. The van der Waals surface area contributed by atoms with Crippen molar-refractivity contribution in [3.05, 3.63) is 0 Å². The minimum absolute atomic E-state index is 0.146. The predicted molar refractivity (Wildman–Crippen MR) is 62.8 cm³/mol. The molecular formula is C12H21NO4. The Kier molecular flexibility index (Phi) is 2.83. The molecule has 1 atom stereocenters. The van der Waals surface area contributed by atoms with Crippen molar-refractivity contribution in [1.82, 2.24) is 4.90 Å². The van der Waals surface area contributed by atoms with Gasteiger partial charge in [-0.15, -0.1) is 0 Å². The summed E-state index contributed by atoms with van der Waals surface area (Å²) in [5, 5.41) is 9.23. The van der Waals surface area contributed by atoms with E-state index in [4.69, 9.17) is 8.85 Å². The maximum Gasteiger partial charge on any atom is 0.410 e. The third-order valence-electron chi connectivity index (χ3n) is 2.44. The molecule has 0 spiro atoms. The monoisotopic (exact) mass is 246 g/mol. The van der Waals surface area contributed by atoms with Gasteiger partial charge in [0.15, 0.2) is 0 Å². The summed E-state index contributed by atoms with van der Waals surface area (Å²) < 4.78 is 27.3. The van der Waals surface area contributed by atoms with Crippen molar-refractivity contribution >= 4 is 12.1 Å². The Morgan fingerprint density at radius 3 is 2.47 bits per heavy atom. The van der Waals surface area contributed by atoms with Crippen molar-refractivity contribution in [3.8, 4) is 0 Å². The molecule has 1 saturated carbocycles. The van der Waals surface area contributed by atoms with E-state index in [0.29, 0.717) is 4.90 Å². The largest absolute Gasteiger partial charge is 0.480 e. The number of nitrogens with zero attached hydrogens (tertiary/aromatic N) is 1. The standard InChI is InChI=1S/C12H21NO4/c1-12(2,3)17-11(16)13(4)9(10(14)15)7-8-5-6-8/h8-9H,5-7H2,1-4H3,(H,14,15)/t9-/m0/s1/i4D3. The van der Waals surface area contributed by atoms with Gasteiger partial charge < -0.3 is 9.84 Å². The van der Waals surface area contributed by atoms with Gasteiger partial charge in [-0.25, -0.2) is 9.59 Å². The highest BCUT2D eigenvalue weighted by atomic mass is 16.6. The Hall–Kier alpha value is -1.26. The summed E-state index contributed by atoms with van der Waals surface area (Å²) in [5.41, 5.74) is -0.886. The highest BCUT2D eigenvalue weighted by molar-refractivity contribution is 5.80. The number of carboxylic acids is 1. The van der Waals surface area contributed by atoms with Gasteiger partial charge in [0.2, 0.25) is 0 Å². The average Bonchev–Trinajstić information content (AvgIpc) is 2.94. The van der Waals surface area contributed by atoms with Gasteiger partial charge >= 0.3 is 12.1 Å². The molecule has 98 valence electrons. The van der Waals surface area contributed by atoms with Gasteiger partial charge in [0.1, 0.15) is 11.6 Å². The molecule has 1 N–H and O–H groups in total. The SMILES string of the molecule is [2H]C([2H])([2H])N(C(=O)OC(C)(C)C)[C@@H](CC1CC1)C(=O)O. The first kappa shape index (κ1) is 9.74. The lowest BCUT2D eigenvalue weighted by Crippen LogP contribution is -2.45. The van der Waals surface area contributed by atoms with Crippen molar-refractivity contribution in [2.75, 3.05) is 6.98 Å². The molecule has 17 heavy (non-hydrogen) atoms. The van der Waals surface area contributed by atoms with E-state index >= 15 is 0 Å². The van der Waals surface area contributed by atoms with Crippen molar-refractivity contribution in [3.63, 3.8) is 0 Å². The van der Waals surface area contributed by atoms with Crippen molar-refractivity contribution < 1.29 is 23.5 Å². The van der Waals surface area contributed by atoms with Crippen LogP contribution in [-0.2, 0) is 9.53 Å². The second kappa shape index (κ2) is 4.94. The Balaban J connectivity index is 2.96. The zero-order chi connectivity index (χ0) is 15.7. The number of carbonyl (C=O) groups is 2. The number of carboxylic acid groups (broad SMARTS) is 1. The molecule has 0 radical (unpaired) electrons. The second-order valence-electron chi connectivity index (χ2n) is 5.38. The summed E-state index contributed by atoms with van der Waals surface area (Å²) in [6.07, 6.45) is 0.762. The molecule has 5 heteroatoms. The summed E-state index contributed by atoms with van der Waals surface area (Å²) in [6.45, 7) is 1.94. The van der Waals surface area contributed by atoms with Gasteiger partial charge in [0, 0.05) is 11.1 Å². The molecule has 0 aromatic carbocycles. The topological polar surface area (TPSA) is 66.8 Å². The molecule has 1 aliphatic carbocycles. The van der Waals surface area contributed by atoms with Gasteiger partial charge in [0.05, 0.1) is 0 Å². The molecule has 1 fully saturated rings. The Bertz CT molecular complexity index is 385. The summed E-state index contributed by atoms with van der Waals surface area (Å²) in [7, 11) is 0. The summed E-state index contributed by atoms with van der Waals surface area (Å²) in [6, 6.07) is -1.38. The molecule has 0 bridgehead atoms. The van der Waals surface area contributed by atoms with Crippen LogP contribution >= 0.6 is 0 Å². The van der Waals surface area contributed by atoms with Gasteiger partial charge in [-0.3, -0.25) is 4.90 Å². The molecule has 0 heterocycles. The van der Waals surface area contributed by atoms with Crippen LogP contribution in [0.25, 0.3) is 0 Å². The van der Waals surface area contributed by atoms with E-state index in [2.05, 4.69) is 0 Å². The zero-order valence-corrected chi connectivity index (χ0v) is 10.4. The first-order valence-corrected chi connectivity index (χ1v) is 5.67. The van der Waals surface area contributed by atoms with Crippen LogP contribution in [0.1, 0.15) is 44.1 Å². The number of hydrogen-bond donors (Lipinski definition) is 1. The van der Waals surface area contributed by atoms with Crippen LogP contribution in [0.5, 0.6) is 0 Å². The molecule has 0 aromatic rings. The number of carbonyl (C=O) groups excluding carboxylic acids is 1. The van der Waals surface area contributed by atoms with E-state index in [1.54, 1.807) is 20.8 Å². The quantitative estimate of drug-likeness (QED) is 0.825. The van der Waals surface area contributed by atoms with Crippen LogP contribution in [0.2, 0.25) is 0 Å². The molecule has 0 aliphatic heterocycles. The summed E-state index contributed by atoms with van der Waals surface area (Å²) in [4.78, 5) is 23.7. The Morgan fingerprint density at radius 1 is 1.53 bits per heavy atom. The first-order valence-electron chi connectivity index (χ1n) is 7.17. The minimum atomic E-state index is -2.85. The summed E-state index contributed by atoms with van der Waals surface area (Å²) >= 11 is 0. The third kappa shape index (κ3) is 4.63. The van der Waals surface area contributed by atoms with E-state index in [1.165, 1.54) is 0 Å². The van der Waals surface area contributed by atoms with Gasteiger partial charge in [-0.1, -0.05) is 12.8 Å². The summed E-state index contributed by atoms with van der Waals surface area (Å²) in [5.74, 6) is -1.15. The highest BCUT2D eigenvalue weighted by Crippen LogP contribution is 2.34. The van der Waals surface area contributed by atoms with E-state index < -0.39 is 30.7 Å². The van der Waals surface area contributed by atoms with Crippen LogP contribution < -0.4 is 0 Å². The number of ether oxygens (including phenoxy) is 1. The fraction of sp³-hybridized carbons (Fsp3) is 0.833. The normalized spacial score (nSPS) is 20.8. The number of aliphatic carboxylic acids is 1. The molecule has 1 aliphatic rings. The molecule has 1 amide bonds. The van der Waals surface area contributed by atoms with Crippen molar-refractivity contribution in [1.29, 1.82) is 0 Å². The van der Waals surface area contributed by atoms with Crippen molar-refractivity contribution in [2.45, 2.75) is 51.7 Å². The molecule has 0 unspecified atom stereocenters.